The van der Waals surface area contributed by atoms with Crippen molar-refractivity contribution >= 4 is 17.8 Å². The topological polar surface area (TPSA) is 81.7 Å². The summed E-state index contributed by atoms with van der Waals surface area (Å²) in [4.78, 5) is 36.0. The van der Waals surface area contributed by atoms with Gasteiger partial charge in [-0.3, -0.25) is 4.79 Å². The van der Waals surface area contributed by atoms with Crippen LogP contribution < -0.4 is 5.32 Å². The summed E-state index contributed by atoms with van der Waals surface area (Å²) >= 11 is 0. The summed E-state index contributed by atoms with van der Waals surface area (Å²) in [6, 6.07) is 1.35. The number of amides is 1. The Morgan fingerprint density at radius 2 is 1.69 bits per heavy atom. The van der Waals surface area contributed by atoms with Gasteiger partial charge in [0.15, 0.2) is 5.78 Å². The largest absolute Gasteiger partial charge is 0.464 e. The molecule has 1 aromatic rings. The van der Waals surface area contributed by atoms with Crippen LogP contribution in [0, 0.1) is 11.6 Å². The minimum absolute atomic E-state index is 0.0917. The lowest BCUT2D eigenvalue weighted by molar-refractivity contribution is -0.145. The maximum Gasteiger partial charge on any atom is 0.408 e. The SMILES string of the molecule is CCOC(=O)[C@@H](CCC(=O)c1cc(F)cc(F)c1)NC(=O)OC(C)(C)C. The van der Waals surface area contributed by atoms with Crippen molar-refractivity contribution in [3.05, 3.63) is 35.4 Å². The molecular formula is C18H23F2NO5. The van der Waals surface area contributed by atoms with Gasteiger partial charge in [-0.15, -0.1) is 0 Å². The highest BCUT2D eigenvalue weighted by Crippen LogP contribution is 2.13. The summed E-state index contributed by atoms with van der Waals surface area (Å²) in [5.74, 6) is -3.04. The van der Waals surface area contributed by atoms with Crippen molar-refractivity contribution in [2.45, 2.75) is 52.2 Å². The molecule has 0 aliphatic carbocycles. The number of esters is 1. The Kier molecular flexibility index (Phi) is 7.67. The molecule has 0 saturated carbocycles. The van der Waals surface area contributed by atoms with Crippen molar-refractivity contribution < 1.29 is 32.6 Å². The quantitative estimate of drug-likeness (QED) is 0.587. The molecular weight excluding hydrogens is 348 g/mol. The van der Waals surface area contributed by atoms with Gasteiger partial charge in [-0.1, -0.05) is 0 Å². The minimum Gasteiger partial charge on any atom is -0.464 e. The molecule has 0 aromatic heterocycles. The average Bonchev–Trinajstić information content (AvgIpc) is 2.48. The van der Waals surface area contributed by atoms with Crippen LogP contribution in [-0.2, 0) is 14.3 Å². The second-order valence-corrected chi connectivity index (χ2v) is 6.57. The summed E-state index contributed by atoms with van der Waals surface area (Å²) in [6.45, 7) is 6.67. The molecule has 8 heteroatoms. The fourth-order valence-electron chi connectivity index (χ4n) is 2.08. The molecule has 1 N–H and O–H groups in total. The Hall–Kier alpha value is -2.51. The van der Waals surface area contributed by atoms with Gasteiger partial charge in [0.25, 0.3) is 0 Å². The maximum absolute atomic E-state index is 13.2. The Bertz CT molecular complexity index is 650. The monoisotopic (exact) mass is 371 g/mol. The predicted molar refractivity (Wildman–Crippen MR) is 89.7 cm³/mol. The van der Waals surface area contributed by atoms with Crippen LogP contribution in [-0.4, -0.2) is 36.1 Å². The van der Waals surface area contributed by atoms with Gasteiger partial charge in [-0.2, -0.15) is 0 Å². The first-order valence-corrected chi connectivity index (χ1v) is 8.17. The van der Waals surface area contributed by atoms with E-state index in [2.05, 4.69) is 5.32 Å². The number of hydrogen-bond donors (Lipinski definition) is 1. The number of halogens is 2. The van der Waals surface area contributed by atoms with E-state index in [1.165, 1.54) is 0 Å². The molecule has 1 aromatic carbocycles. The molecule has 0 heterocycles. The fourth-order valence-corrected chi connectivity index (χ4v) is 2.08. The molecule has 0 aliphatic rings. The normalized spacial score (nSPS) is 12.2. The molecule has 0 fully saturated rings. The molecule has 1 atom stereocenters. The molecule has 0 radical (unpaired) electrons. The van der Waals surface area contributed by atoms with Gasteiger partial charge in [-0.05, 0) is 46.2 Å². The van der Waals surface area contributed by atoms with Gasteiger partial charge in [0.05, 0.1) is 6.61 Å². The van der Waals surface area contributed by atoms with E-state index in [9.17, 15) is 23.2 Å². The van der Waals surface area contributed by atoms with Gasteiger partial charge >= 0.3 is 12.1 Å². The summed E-state index contributed by atoms with van der Waals surface area (Å²) in [5.41, 5.74) is -0.916. The molecule has 0 aliphatic heterocycles. The molecule has 0 bridgehead atoms. The van der Waals surface area contributed by atoms with Crippen LogP contribution >= 0.6 is 0 Å². The van der Waals surface area contributed by atoms with E-state index in [1.807, 2.05) is 0 Å². The van der Waals surface area contributed by atoms with Gasteiger partial charge in [0.1, 0.15) is 23.3 Å². The van der Waals surface area contributed by atoms with Crippen molar-refractivity contribution in [3.8, 4) is 0 Å². The van der Waals surface area contributed by atoms with Gasteiger partial charge in [-0.25, -0.2) is 18.4 Å². The lowest BCUT2D eigenvalue weighted by Gasteiger charge is -2.22. The van der Waals surface area contributed by atoms with Crippen molar-refractivity contribution in [1.82, 2.24) is 5.32 Å². The third-order valence-electron chi connectivity index (χ3n) is 3.11. The Balaban J connectivity index is 2.77. The highest BCUT2D eigenvalue weighted by Gasteiger charge is 2.26. The van der Waals surface area contributed by atoms with Crippen LogP contribution in [0.5, 0.6) is 0 Å². The van der Waals surface area contributed by atoms with Crippen LogP contribution in [0.4, 0.5) is 13.6 Å². The number of benzene rings is 1. The van der Waals surface area contributed by atoms with Crippen LogP contribution in [0.15, 0.2) is 18.2 Å². The van der Waals surface area contributed by atoms with Crippen LogP contribution in [0.1, 0.15) is 50.9 Å². The zero-order valence-corrected chi connectivity index (χ0v) is 15.2. The summed E-state index contributed by atoms with van der Waals surface area (Å²) in [6.07, 6.45) is -1.16. The van der Waals surface area contributed by atoms with Gasteiger partial charge < -0.3 is 14.8 Å². The number of hydrogen-bond acceptors (Lipinski definition) is 5. The smallest absolute Gasteiger partial charge is 0.408 e. The number of ketones is 1. The molecule has 144 valence electrons. The molecule has 1 rings (SSSR count). The van der Waals surface area contributed by atoms with Crippen molar-refractivity contribution in [1.29, 1.82) is 0 Å². The summed E-state index contributed by atoms with van der Waals surface area (Å²) in [5, 5.41) is 2.35. The summed E-state index contributed by atoms with van der Waals surface area (Å²) < 4.78 is 36.4. The highest BCUT2D eigenvalue weighted by atomic mass is 19.1. The zero-order chi connectivity index (χ0) is 19.9. The van der Waals surface area contributed by atoms with Crippen LogP contribution in [0.3, 0.4) is 0 Å². The van der Waals surface area contributed by atoms with Crippen LogP contribution in [0.2, 0.25) is 0 Å². The number of carbonyl (C=O) groups is 3. The van der Waals surface area contributed by atoms with E-state index in [0.29, 0.717) is 6.07 Å². The molecule has 0 spiro atoms. The van der Waals surface area contributed by atoms with E-state index >= 15 is 0 Å². The van der Waals surface area contributed by atoms with E-state index in [-0.39, 0.29) is 25.0 Å². The second-order valence-electron chi connectivity index (χ2n) is 6.57. The number of ether oxygens (including phenoxy) is 2. The Morgan fingerprint density at radius 3 is 2.19 bits per heavy atom. The van der Waals surface area contributed by atoms with E-state index in [1.54, 1.807) is 27.7 Å². The van der Waals surface area contributed by atoms with E-state index in [4.69, 9.17) is 9.47 Å². The number of Topliss-reactive ketones (excluding diaryl/α,β-unsaturated/α-hetero) is 1. The highest BCUT2D eigenvalue weighted by molar-refractivity contribution is 5.96. The molecule has 26 heavy (non-hydrogen) atoms. The molecule has 0 saturated heterocycles. The average molecular weight is 371 g/mol. The van der Waals surface area contributed by atoms with Crippen LogP contribution in [0.25, 0.3) is 0 Å². The number of carbonyl (C=O) groups excluding carboxylic acids is 3. The van der Waals surface area contributed by atoms with Crippen molar-refractivity contribution in [2.24, 2.45) is 0 Å². The number of rotatable bonds is 7. The molecule has 6 nitrogen and oxygen atoms in total. The minimum atomic E-state index is -1.12. The predicted octanol–water partition coefficient (Wildman–Crippen LogP) is 3.38. The lowest BCUT2D eigenvalue weighted by atomic mass is 10.0. The molecule has 0 unspecified atom stereocenters. The van der Waals surface area contributed by atoms with Crippen molar-refractivity contribution in [3.63, 3.8) is 0 Å². The zero-order valence-electron chi connectivity index (χ0n) is 15.2. The summed E-state index contributed by atoms with van der Waals surface area (Å²) in [7, 11) is 0. The first-order chi connectivity index (χ1) is 12.0. The van der Waals surface area contributed by atoms with Gasteiger partial charge in [0, 0.05) is 18.1 Å². The number of nitrogens with one attached hydrogen (secondary N) is 1. The third-order valence-corrected chi connectivity index (χ3v) is 3.11. The standard InChI is InChI=1S/C18H23F2NO5/c1-5-25-16(23)14(21-17(24)26-18(2,3)4)6-7-15(22)11-8-12(19)10-13(20)9-11/h8-10,14H,5-7H2,1-4H3,(H,21,24)/t14-/m1/s1. The fraction of sp³-hybridized carbons (Fsp3) is 0.500. The van der Waals surface area contributed by atoms with E-state index in [0.717, 1.165) is 12.1 Å². The Labute approximate surface area is 150 Å². The Morgan fingerprint density at radius 1 is 1.12 bits per heavy atom. The number of alkyl carbamates (subject to hydrolysis) is 1. The third kappa shape index (κ3) is 7.58. The van der Waals surface area contributed by atoms with E-state index < -0.39 is 41.1 Å². The van der Waals surface area contributed by atoms with Crippen molar-refractivity contribution in [2.75, 3.05) is 6.61 Å². The first-order valence-electron chi connectivity index (χ1n) is 8.17. The van der Waals surface area contributed by atoms with Gasteiger partial charge in [0.2, 0.25) is 0 Å². The lowest BCUT2D eigenvalue weighted by Crippen LogP contribution is -2.44. The first kappa shape index (κ1) is 21.5. The molecule has 1 amide bonds. The second kappa shape index (κ2) is 9.26. The maximum atomic E-state index is 13.2.